The van der Waals surface area contributed by atoms with Crippen LogP contribution in [-0.4, -0.2) is 0 Å². The Hall–Kier alpha value is -1.80. The smallest absolute Gasteiger partial charge is 0.130 e. The van der Waals surface area contributed by atoms with Crippen molar-refractivity contribution in [2.45, 2.75) is 20.4 Å². The maximum Gasteiger partial charge on any atom is 0.130 e. The van der Waals surface area contributed by atoms with Crippen LogP contribution in [0, 0.1) is 13.8 Å². The highest BCUT2D eigenvalue weighted by molar-refractivity contribution is 5.40. The Bertz CT molecular complexity index is 520. The van der Waals surface area contributed by atoms with Crippen molar-refractivity contribution in [2.75, 3.05) is 0 Å². The Kier molecular flexibility index (Phi) is 3.45. The van der Waals surface area contributed by atoms with Gasteiger partial charge in [0, 0.05) is 6.54 Å². The van der Waals surface area contributed by atoms with Crippen molar-refractivity contribution in [3.63, 3.8) is 0 Å². The largest absolute Gasteiger partial charge is 0.457 e. The van der Waals surface area contributed by atoms with Gasteiger partial charge in [-0.05, 0) is 48.7 Å². The fourth-order valence-corrected chi connectivity index (χ4v) is 1.69. The van der Waals surface area contributed by atoms with Crippen LogP contribution in [0.1, 0.15) is 16.7 Å². The molecule has 2 rings (SSSR count). The van der Waals surface area contributed by atoms with Crippen LogP contribution in [0.15, 0.2) is 42.5 Å². The first-order valence-corrected chi connectivity index (χ1v) is 5.73. The van der Waals surface area contributed by atoms with E-state index in [0.29, 0.717) is 6.54 Å². The second kappa shape index (κ2) is 5.02. The Morgan fingerprint density at radius 3 is 2.59 bits per heavy atom. The van der Waals surface area contributed by atoms with Gasteiger partial charge in [0.15, 0.2) is 0 Å². The lowest BCUT2D eigenvalue weighted by molar-refractivity contribution is 0.478. The molecule has 2 N–H and O–H groups in total. The van der Waals surface area contributed by atoms with Crippen LogP contribution in [0.25, 0.3) is 0 Å². The van der Waals surface area contributed by atoms with Gasteiger partial charge in [0.2, 0.25) is 0 Å². The molecule has 0 radical (unpaired) electrons. The van der Waals surface area contributed by atoms with Crippen LogP contribution in [0.2, 0.25) is 0 Å². The van der Waals surface area contributed by atoms with Gasteiger partial charge in [0.1, 0.15) is 11.5 Å². The number of aryl methyl sites for hydroxylation is 2. The standard InChI is InChI=1S/C15H17NO/c1-11-4-3-5-14(8-11)17-15-9-13(10-16)7-6-12(15)2/h3-9H,10,16H2,1-2H3. The van der Waals surface area contributed by atoms with E-state index in [4.69, 9.17) is 10.5 Å². The highest BCUT2D eigenvalue weighted by Gasteiger charge is 2.02. The maximum absolute atomic E-state index is 5.88. The molecule has 0 saturated heterocycles. The summed E-state index contributed by atoms with van der Waals surface area (Å²) < 4.78 is 5.88. The predicted octanol–water partition coefficient (Wildman–Crippen LogP) is 3.55. The molecule has 2 aromatic rings. The van der Waals surface area contributed by atoms with E-state index in [1.165, 1.54) is 5.56 Å². The number of ether oxygens (including phenoxy) is 1. The average molecular weight is 227 g/mol. The summed E-state index contributed by atoms with van der Waals surface area (Å²) in [6.45, 7) is 4.62. The van der Waals surface area contributed by atoms with Crippen LogP contribution in [0.4, 0.5) is 0 Å². The van der Waals surface area contributed by atoms with Gasteiger partial charge < -0.3 is 10.5 Å². The molecule has 0 aliphatic carbocycles. The number of nitrogens with two attached hydrogens (primary N) is 1. The molecule has 0 aliphatic rings. The summed E-state index contributed by atoms with van der Waals surface area (Å²) in [5, 5.41) is 0. The van der Waals surface area contributed by atoms with E-state index in [2.05, 4.69) is 13.0 Å². The summed E-state index contributed by atoms with van der Waals surface area (Å²) >= 11 is 0. The third-order valence-corrected chi connectivity index (χ3v) is 2.71. The van der Waals surface area contributed by atoms with Gasteiger partial charge in [-0.15, -0.1) is 0 Å². The quantitative estimate of drug-likeness (QED) is 0.870. The summed E-state index contributed by atoms with van der Waals surface area (Å²) in [6.07, 6.45) is 0. The normalized spacial score (nSPS) is 10.3. The molecular formula is C15H17NO. The molecule has 0 heterocycles. The van der Waals surface area contributed by atoms with Crippen LogP contribution in [-0.2, 0) is 6.54 Å². The highest BCUT2D eigenvalue weighted by Crippen LogP contribution is 2.26. The van der Waals surface area contributed by atoms with Crippen LogP contribution in [0.3, 0.4) is 0 Å². The summed E-state index contributed by atoms with van der Waals surface area (Å²) in [7, 11) is 0. The van der Waals surface area contributed by atoms with E-state index in [9.17, 15) is 0 Å². The van der Waals surface area contributed by atoms with Gasteiger partial charge in [-0.25, -0.2) is 0 Å². The minimum Gasteiger partial charge on any atom is -0.457 e. The SMILES string of the molecule is Cc1cccc(Oc2cc(CN)ccc2C)c1. The van der Waals surface area contributed by atoms with Gasteiger partial charge >= 0.3 is 0 Å². The zero-order valence-corrected chi connectivity index (χ0v) is 10.2. The number of hydrogen-bond donors (Lipinski definition) is 1. The van der Waals surface area contributed by atoms with Gasteiger partial charge in [0.25, 0.3) is 0 Å². The van der Waals surface area contributed by atoms with Gasteiger partial charge in [-0.3, -0.25) is 0 Å². The number of rotatable bonds is 3. The first kappa shape index (κ1) is 11.7. The zero-order valence-electron chi connectivity index (χ0n) is 10.2. The molecular weight excluding hydrogens is 210 g/mol. The van der Waals surface area contributed by atoms with Crippen molar-refractivity contribution >= 4 is 0 Å². The van der Waals surface area contributed by atoms with E-state index in [1.807, 2.05) is 43.3 Å². The first-order chi connectivity index (χ1) is 8.19. The van der Waals surface area contributed by atoms with E-state index in [-0.39, 0.29) is 0 Å². The molecule has 0 fully saturated rings. The molecule has 0 spiro atoms. The topological polar surface area (TPSA) is 35.2 Å². The molecule has 2 heteroatoms. The fraction of sp³-hybridized carbons (Fsp3) is 0.200. The molecule has 2 aromatic carbocycles. The fourth-order valence-electron chi connectivity index (χ4n) is 1.69. The second-order valence-electron chi connectivity index (χ2n) is 4.22. The second-order valence-corrected chi connectivity index (χ2v) is 4.22. The van der Waals surface area contributed by atoms with Crippen molar-refractivity contribution in [3.05, 3.63) is 59.2 Å². The molecule has 0 aromatic heterocycles. The van der Waals surface area contributed by atoms with Crippen LogP contribution >= 0.6 is 0 Å². The van der Waals surface area contributed by atoms with E-state index < -0.39 is 0 Å². The van der Waals surface area contributed by atoms with Crippen molar-refractivity contribution < 1.29 is 4.74 Å². The Labute approximate surface area is 102 Å². The maximum atomic E-state index is 5.88. The molecule has 2 nitrogen and oxygen atoms in total. The van der Waals surface area contributed by atoms with E-state index in [1.54, 1.807) is 0 Å². The summed E-state index contributed by atoms with van der Waals surface area (Å²) in [5.41, 5.74) is 9.02. The summed E-state index contributed by atoms with van der Waals surface area (Å²) in [4.78, 5) is 0. The Balaban J connectivity index is 2.29. The molecule has 0 aliphatic heterocycles. The van der Waals surface area contributed by atoms with E-state index in [0.717, 1.165) is 22.6 Å². The van der Waals surface area contributed by atoms with Crippen molar-refractivity contribution in [2.24, 2.45) is 5.73 Å². The first-order valence-electron chi connectivity index (χ1n) is 5.73. The lowest BCUT2D eigenvalue weighted by atomic mass is 10.1. The number of benzene rings is 2. The van der Waals surface area contributed by atoms with Crippen LogP contribution in [0.5, 0.6) is 11.5 Å². The zero-order chi connectivity index (χ0) is 12.3. The van der Waals surface area contributed by atoms with Crippen molar-refractivity contribution in [1.29, 1.82) is 0 Å². The molecule has 0 saturated carbocycles. The molecule has 88 valence electrons. The van der Waals surface area contributed by atoms with Gasteiger partial charge in [-0.1, -0.05) is 24.3 Å². The Morgan fingerprint density at radius 1 is 1.06 bits per heavy atom. The summed E-state index contributed by atoms with van der Waals surface area (Å²) in [6, 6.07) is 14.1. The number of hydrogen-bond acceptors (Lipinski definition) is 2. The van der Waals surface area contributed by atoms with Crippen LogP contribution < -0.4 is 10.5 Å². The average Bonchev–Trinajstić information content (AvgIpc) is 2.32. The monoisotopic (exact) mass is 227 g/mol. The van der Waals surface area contributed by atoms with Gasteiger partial charge in [-0.2, -0.15) is 0 Å². The lowest BCUT2D eigenvalue weighted by Gasteiger charge is -2.10. The summed E-state index contributed by atoms with van der Waals surface area (Å²) in [5.74, 6) is 1.74. The predicted molar refractivity (Wildman–Crippen MR) is 70.3 cm³/mol. The highest BCUT2D eigenvalue weighted by atomic mass is 16.5. The lowest BCUT2D eigenvalue weighted by Crippen LogP contribution is -1.97. The molecule has 17 heavy (non-hydrogen) atoms. The van der Waals surface area contributed by atoms with Gasteiger partial charge in [0.05, 0.1) is 0 Å². The molecule has 0 amide bonds. The minimum atomic E-state index is 0.532. The Morgan fingerprint density at radius 2 is 1.88 bits per heavy atom. The third-order valence-electron chi connectivity index (χ3n) is 2.71. The molecule has 0 atom stereocenters. The third kappa shape index (κ3) is 2.86. The molecule has 0 bridgehead atoms. The van der Waals surface area contributed by atoms with Crippen molar-refractivity contribution in [3.8, 4) is 11.5 Å². The van der Waals surface area contributed by atoms with Crippen molar-refractivity contribution in [1.82, 2.24) is 0 Å². The molecule has 0 unspecified atom stereocenters. The minimum absolute atomic E-state index is 0.532. The van der Waals surface area contributed by atoms with E-state index >= 15 is 0 Å².